The van der Waals surface area contributed by atoms with Crippen molar-refractivity contribution >= 4 is 25.6 Å². The molecule has 1 aromatic rings. The van der Waals surface area contributed by atoms with E-state index >= 15 is 0 Å². The molecule has 0 radical (unpaired) electrons. The van der Waals surface area contributed by atoms with Crippen molar-refractivity contribution in [3.63, 3.8) is 0 Å². The minimum atomic E-state index is -4.08. The number of rotatable bonds is 2. The van der Waals surface area contributed by atoms with Crippen molar-refractivity contribution in [1.29, 1.82) is 0 Å². The maximum absolute atomic E-state index is 13.5. The Bertz CT molecular complexity index is 569. The highest BCUT2D eigenvalue weighted by atomic mass is 35.7. The normalized spacial score (nSPS) is 11.4. The number of hydrogen-bond acceptors (Lipinski definition) is 3. The second-order valence-corrected chi connectivity index (χ2v) is 6.25. The lowest BCUT2D eigenvalue weighted by molar-refractivity contribution is 0.0827. The van der Waals surface area contributed by atoms with Crippen LogP contribution in [0.15, 0.2) is 17.0 Å². The molecule has 1 amide bonds. The molecule has 0 spiro atoms. The van der Waals surface area contributed by atoms with Crippen molar-refractivity contribution in [1.82, 2.24) is 4.90 Å². The van der Waals surface area contributed by atoms with Gasteiger partial charge >= 0.3 is 0 Å². The maximum Gasteiger partial charge on any atom is 0.261 e. The van der Waals surface area contributed by atoms with Crippen LogP contribution < -0.4 is 0 Å². The largest absolute Gasteiger partial charge is 0.345 e. The zero-order valence-corrected chi connectivity index (χ0v) is 11.1. The molecule has 0 bridgehead atoms. The third-order valence-electron chi connectivity index (χ3n) is 2.21. The Morgan fingerprint density at radius 1 is 1.35 bits per heavy atom. The highest BCUT2D eigenvalue weighted by Gasteiger charge is 2.20. The summed E-state index contributed by atoms with van der Waals surface area (Å²) in [5.41, 5.74) is -0.160. The Labute approximate surface area is 103 Å². The van der Waals surface area contributed by atoms with Crippen LogP contribution in [0.1, 0.15) is 15.9 Å². The summed E-state index contributed by atoms with van der Waals surface area (Å²) in [5.74, 6) is -1.28. The third kappa shape index (κ3) is 2.95. The van der Waals surface area contributed by atoms with Crippen molar-refractivity contribution in [3.05, 3.63) is 29.1 Å². The van der Waals surface area contributed by atoms with E-state index in [0.717, 1.165) is 12.1 Å². The topological polar surface area (TPSA) is 54.5 Å². The van der Waals surface area contributed by atoms with Gasteiger partial charge in [-0.15, -0.1) is 0 Å². The molecule has 17 heavy (non-hydrogen) atoms. The van der Waals surface area contributed by atoms with Gasteiger partial charge in [-0.2, -0.15) is 0 Å². The zero-order valence-electron chi connectivity index (χ0n) is 9.49. The van der Waals surface area contributed by atoms with Gasteiger partial charge in [0.25, 0.3) is 15.0 Å². The first-order chi connectivity index (χ1) is 7.64. The Morgan fingerprint density at radius 3 is 2.29 bits per heavy atom. The molecule has 1 aromatic carbocycles. The van der Waals surface area contributed by atoms with E-state index in [4.69, 9.17) is 10.7 Å². The molecule has 0 aliphatic carbocycles. The molecule has 0 saturated heterocycles. The van der Waals surface area contributed by atoms with Crippen LogP contribution in [0, 0.1) is 12.7 Å². The van der Waals surface area contributed by atoms with E-state index in [2.05, 4.69) is 0 Å². The number of carbonyl (C=O) groups is 1. The summed E-state index contributed by atoms with van der Waals surface area (Å²) in [6, 6.07) is 2.06. The number of benzene rings is 1. The third-order valence-corrected chi connectivity index (χ3v) is 3.66. The zero-order chi connectivity index (χ0) is 13.4. The van der Waals surface area contributed by atoms with Gasteiger partial charge in [0.15, 0.2) is 0 Å². The van der Waals surface area contributed by atoms with E-state index in [1.165, 1.54) is 25.9 Å². The van der Waals surface area contributed by atoms with Crippen molar-refractivity contribution in [2.24, 2.45) is 0 Å². The molecular formula is C10H11ClFNO3S. The summed E-state index contributed by atoms with van der Waals surface area (Å²) in [7, 11) is 4.06. The minimum Gasteiger partial charge on any atom is -0.345 e. The lowest BCUT2D eigenvalue weighted by Crippen LogP contribution is -2.22. The van der Waals surface area contributed by atoms with Crippen LogP contribution in [0.5, 0.6) is 0 Å². The van der Waals surface area contributed by atoms with Gasteiger partial charge in [0.05, 0.1) is 4.90 Å². The fourth-order valence-electron chi connectivity index (χ4n) is 1.29. The predicted molar refractivity (Wildman–Crippen MR) is 62.2 cm³/mol. The van der Waals surface area contributed by atoms with Crippen molar-refractivity contribution in [3.8, 4) is 0 Å². The highest BCUT2D eigenvalue weighted by Crippen LogP contribution is 2.24. The highest BCUT2D eigenvalue weighted by molar-refractivity contribution is 8.13. The first-order valence-corrected chi connectivity index (χ1v) is 6.92. The maximum atomic E-state index is 13.5. The quantitative estimate of drug-likeness (QED) is 0.775. The second-order valence-electron chi connectivity index (χ2n) is 3.72. The lowest BCUT2D eigenvalue weighted by Gasteiger charge is -2.12. The molecule has 0 unspecified atom stereocenters. The number of nitrogens with zero attached hydrogens (tertiary/aromatic N) is 1. The molecule has 7 heteroatoms. The Morgan fingerprint density at radius 2 is 1.88 bits per heavy atom. The van der Waals surface area contributed by atoms with Gasteiger partial charge in [0.2, 0.25) is 0 Å². The van der Waals surface area contributed by atoms with E-state index < -0.39 is 20.8 Å². The molecule has 94 valence electrons. The van der Waals surface area contributed by atoms with Crippen LogP contribution in [0.3, 0.4) is 0 Å². The summed E-state index contributed by atoms with van der Waals surface area (Å²) in [6.45, 7) is 1.29. The van der Waals surface area contributed by atoms with Crippen LogP contribution in [-0.2, 0) is 9.05 Å². The van der Waals surface area contributed by atoms with Crippen molar-refractivity contribution in [2.45, 2.75) is 11.8 Å². The number of amides is 1. The van der Waals surface area contributed by atoms with Crippen LogP contribution in [0.4, 0.5) is 4.39 Å². The fourth-order valence-corrected chi connectivity index (χ4v) is 2.50. The molecular weight excluding hydrogens is 269 g/mol. The monoisotopic (exact) mass is 279 g/mol. The summed E-state index contributed by atoms with van der Waals surface area (Å²) >= 11 is 0. The van der Waals surface area contributed by atoms with Gasteiger partial charge in [-0.05, 0) is 19.1 Å². The first-order valence-electron chi connectivity index (χ1n) is 4.61. The number of hydrogen-bond donors (Lipinski definition) is 0. The smallest absolute Gasteiger partial charge is 0.261 e. The van der Waals surface area contributed by atoms with Crippen LogP contribution in [0.25, 0.3) is 0 Å². The Hall–Kier alpha value is -1.14. The Balaban J connectivity index is 3.50. The van der Waals surface area contributed by atoms with Crippen LogP contribution >= 0.6 is 10.7 Å². The average molecular weight is 280 g/mol. The molecule has 0 aliphatic rings. The van der Waals surface area contributed by atoms with Crippen LogP contribution in [-0.4, -0.2) is 33.3 Å². The molecule has 0 atom stereocenters. The van der Waals surface area contributed by atoms with E-state index in [-0.39, 0.29) is 16.0 Å². The molecule has 0 aliphatic heterocycles. The Kier molecular flexibility index (Phi) is 3.78. The van der Waals surface area contributed by atoms with E-state index in [1.54, 1.807) is 0 Å². The summed E-state index contributed by atoms with van der Waals surface area (Å²) < 4.78 is 35.9. The summed E-state index contributed by atoms with van der Waals surface area (Å²) in [5, 5.41) is 0. The van der Waals surface area contributed by atoms with E-state index in [0.29, 0.717) is 0 Å². The minimum absolute atomic E-state index is 0.0580. The molecule has 0 heterocycles. The molecule has 0 saturated carbocycles. The fraction of sp³-hybridized carbons (Fsp3) is 0.300. The molecule has 1 rings (SSSR count). The standard InChI is InChI=1S/C10H11ClFNO3S/c1-6-8(12)4-7(10(14)13(2)3)5-9(6)17(11,15)16/h4-5H,1-3H3. The van der Waals surface area contributed by atoms with Crippen molar-refractivity contribution < 1.29 is 17.6 Å². The van der Waals surface area contributed by atoms with Gasteiger partial charge in [0, 0.05) is 35.9 Å². The van der Waals surface area contributed by atoms with Gasteiger partial charge in [-0.25, -0.2) is 12.8 Å². The SMILES string of the molecule is Cc1c(F)cc(C(=O)N(C)C)cc1S(=O)(=O)Cl. The van der Waals surface area contributed by atoms with Gasteiger partial charge in [0.1, 0.15) is 5.82 Å². The molecule has 0 aromatic heterocycles. The molecule has 0 N–H and O–H groups in total. The number of halogens is 2. The summed E-state index contributed by atoms with van der Waals surface area (Å²) in [6.07, 6.45) is 0. The average Bonchev–Trinajstić information content (AvgIpc) is 2.18. The van der Waals surface area contributed by atoms with Gasteiger partial charge < -0.3 is 4.90 Å². The number of carbonyl (C=O) groups excluding carboxylic acids is 1. The summed E-state index contributed by atoms with van der Waals surface area (Å²) in [4.78, 5) is 12.4. The second kappa shape index (κ2) is 4.62. The first kappa shape index (κ1) is 13.9. The molecule has 4 nitrogen and oxygen atoms in total. The lowest BCUT2D eigenvalue weighted by atomic mass is 10.1. The van der Waals surface area contributed by atoms with Crippen LogP contribution in [0.2, 0.25) is 0 Å². The van der Waals surface area contributed by atoms with E-state index in [9.17, 15) is 17.6 Å². The van der Waals surface area contributed by atoms with E-state index in [1.807, 2.05) is 0 Å². The van der Waals surface area contributed by atoms with Gasteiger partial charge in [-0.3, -0.25) is 4.79 Å². The van der Waals surface area contributed by atoms with Gasteiger partial charge in [-0.1, -0.05) is 0 Å². The molecule has 0 fully saturated rings. The van der Waals surface area contributed by atoms with Crippen molar-refractivity contribution in [2.75, 3.05) is 14.1 Å². The predicted octanol–water partition coefficient (Wildman–Crippen LogP) is 1.76.